The SMILES string of the molecule is CC1CCC2C[C@]13C(=CC2=O)CC[C@@H]1[C@@H]3CC[C@]2(C)C(=O)CC[C@@H]12. The highest BCUT2D eigenvalue weighted by atomic mass is 16.1. The molecule has 24 heavy (non-hydrogen) atoms. The molecule has 2 unspecified atom stereocenters. The Balaban J connectivity index is 1.59. The van der Waals surface area contributed by atoms with E-state index in [1.165, 1.54) is 24.8 Å². The van der Waals surface area contributed by atoms with E-state index in [4.69, 9.17) is 0 Å². The molecule has 4 fully saturated rings. The largest absolute Gasteiger partial charge is 0.299 e. The van der Waals surface area contributed by atoms with Gasteiger partial charge < -0.3 is 0 Å². The van der Waals surface area contributed by atoms with E-state index in [1.54, 1.807) is 0 Å². The molecular formula is C22H30O2. The van der Waals surface area contributed by atoms with E-state index in [2.05, 4.69) is 19.9 Å². The van der Waals surface area contributed by atoms with Gasteiger partial charge in [0, 0.05) is 17.8 Å². The van der Waals surface area contributed by atoms with Crippen LogP contribution >= 0.6 is 0 Å². The summed E-state index contributed by atoms with van der Waals surface area (Å²) in [6.07, 6.45) is 12.1. The minimum Gasteiger partial charge on any atom is -0.299 e. The summed E-state index contributed by atoms with van der Waals surface area (Å²) < 4.78 is 0. The van der Waals surface area contributed by atoms with E-state index in [9.17, 15) is 9.59 Å². The molecule has 0 radical (unpaired) electrons. The minimum atomic E-state index is -0.0270. The van der Waals surface area contributed by atoms with E-state index >= 15 is 0 Å². The van der Waals surface area contributed by atoms with Crippen LogP contribution in [0.2, 0.25) is 0 Å². The van der Waals surface area contributed by atoms with Crippen LogP contribution in [-0.4, -0.2) is 11.6 Å². The number of hydrogen-bond donors (Lipinski definition) is 0. The Morgan fingerprint density at radius 3 is 2.67 bits per heavy atom. The van der Waals surface area contributed by atoms with E-state index in [1.807, 2.05) is 0 Å². The number of Topliss-reactive ketones (excluding diaryl/α,β-unsaturated/α-hetero) is 1. The quantitative estimate of drug-likeness (QED) is 0.645. The van der Waals surface area contributed by atoms with Gasteiger partial charge in [0.15, 0.2) is 5.78 Å². The summed E-state index contributed by atoms with van der Waals surface area (Å²) in [7, 11) is 0. The van der Waals surface area contributed by atoms with Crippen molar-refractivity contribution < 1.29 is 9.59 Å². The smallest absolute Gasteiger partial charge is 0.158 e. The van der Waals surface area contributed by atoms with Gasteiger partial charge in [-0.05, 0) is 86.5 Å². The van der Waals surface area contributed by atoms with Gasteiger partial charge in [0.05, 0.1) is 0 Å². The van der Waals surface area contributed by atoms with Crippen molar-refractivity contribution in [3.05, 3.63) is 11.6 Å². The topological polar surface area (TPSA) is 34.1 Å². The summed E-state index contributed by atoms with van der Waals surface area (Å²) in [4.78, 5) is 25.0. The molecule has 1 spiro atoms. The Labute approximate surface area is 145 Å². The molecule has 0 heterocycles. The first-order chi connectivity index (χ1) is 11.5. The van der Waals surface area contributed by atoms with Gasteiger partial charge in [-0.15, -0.1) is 0 Å². The van der Waals surface area contributed by atoms with Crippen molar-refractivity contribution in [2.45, 2.75) is 71.6 Å². The summed E-state index contributed by atoms with van der Waals surface area (Å²) in [5.74, 6) is 4.03. The van der Waals surface area contributed by atoms with Crippen LogP contribution < -0.4 is 0 Å². The van der Waals surface area contributed by atoms with Gasteiger partial charge in [0.25, 0.3) is 0 Å². The fraction of sp³-hybridized carbons (Fsp3) is 0.818. The average Bonchev–Trinajstić information content (AvgIpc) is 2.87. The van der Waals surface area contributed by atoms with Crippen LogP contribution in [0.5, 0.6) is 0 Å². The standard InChI is InChI=1S/C22H30O2/c1-13-3-4-14-12-22(13)15(11-19(14)23)5-6-16-17-7-8-20(24)21(17,2)10-9-18(16)22/h11,13-14,16-18H,3-10,12H2,1-2H3/t13?,14?,16-,17-,18-,21-,22+/m0/s1. The molecule has 5 aliphatic rings. The zero-order chi connectivity index (χ0) is 16.7. The Kier molecular flexibility index (Phi) is 3.09. The van der Waals surface area contributed by atoms with Gasteiger partial charge >= 0.3 is 0 Å². The Hall–Kier alpha value is -0.920. The predicted molar refractivity (Wildman–Crippen MR) is 93.3 cm³/mol. The average molecular weight is 326 g/mol. The fourth-order valence-corrected chi connectivity index (χ4v) is 8.02. The van der Waals surface area contributed by atoms with Crippen molar-refractivity contribution in [2.24, 2.45) is 40.4 Å². The highest BCUT2D eigenvalue weighted by Gasteiger charge is 2.62. The van der Waals surface area contributed by atoms with E-state index < -0.39 is 0 Å². The van der Waals surface area contributed by atoms with E-state index in [0.717, 1.165) is 50.4 Å². The van der Waals surface area contributed by atoms with E-state index in [0.29, 0.717) is 34.7 Å². The van der Waals surface area contributed by atoms with E-state index in [-0.39, 0.29) is 5.41 Å². The lowest BCUT2D eigenvalue weighted by Crippen LogP contribution is -2.56. The molecule has 2 bridgehead atoms. The Morgan fingerprint density at radius 1 is 1.00 bits per heavy atom. The lowest BCUT2D eigenvalue weighted by Gasteiger charge is -2.62. The molecule has 130 valence electrons. The fourth-order valence-electron chi connectivity index (χ4n) is 8.02. The summed E-state index contributed by atoms with van der Waals surface area (Å²) in [6.45, 7) is 4.72. The monoisotopic (exact) mass is 326 g/mol. The maximum absolute atomic E-state index is 12.6. The maximum Gasteiger partial charge on any atom is 0.158 e. The summed E-state index contributed by atoms with van der Waals surface area (Å²) in [5, 5.41) is 0. The van der Waals surface area contributed by atoms with Crippen molar-refractivity contribution in [3.8, 4) is 0 Å². The third-order valence-corrected chi connectivity index (χ3v) is 9.28. The first-order valence-corrected chi connectivity index (χ1v) is 10.2. The third kappa shape index (κ3) is 1.68. The van der Waals surface area contributed by atoms with Gasteiger partial charge in [-0.25, -0.2) is 0 Å². The van der Waals surface area contributed by atoms with Gasteiger partial charge in [0.1, 0.15) is 5.78 Å². The number of allylic oxidation sites excluding steroid dienone is 1. The van der Waals surface area contributed by atoms with Crippen LogP contribution in [0.25, 0.3) is 0 Å². The minimum absolute atomic E-state index is 0.0270. The summed E-state index contributed by atoms with van der Waals surface area (Å²) in [5.41, 5.74) is 1.78. The number of fused-ring (bicyclic) bond motifs is 4. The summed E-state index contributed by atoms with van der Waals surface area (Å²) in [6, 6.07) is 0. The molecule has 0 aromatic carbocycles. The van der Waals surface area contributed by atoms with Gasteiger partial charge in [0.2, 0.25) is 0 Å². The van der Waals surface area contributed by atoms with Gasteiger partial charge in [-0.3, -0.25) is 9.59 Å². The van der Waals surface area contributed by atoms with Crippen LogP contribution in [0.3, 0.4) is 0 Å². The lowest BCUT2D eigenvalue weighted by molar-refractivity contribution is -0.138. The number of carbonyl (C=O) groups is 2. The molecule has 2 nitrogen and oxygen atoms in total. The zero-order valence-corrected chi connectivity index (χ0v) is 15.1. The van der Waals surface area contributed by atoms with Crippen molar-refractivity contribution >= 4 is 11.6 Å². The number of carbonyl (C=O) groups excluding carboxylic acids is 2. The van der Waals surface area contributed by atoms with Crippen LogP contribution in [0.1, 0.15) is 71.6 Å². The zero-order valence-electron chi connectivity index (χ0n) is 15.1. The molecule has 0 aromatic rings. The van der Waals surface area contributed by atoms with Crippen molar-refractivity contribution in [3.63, 3.8) is 0 Å². The summed E-state index contributed by atoms with van der Waals surface area (Å²) >= 11 is 0. The molecule has 0 amide bonds. The number of rotatable bonds is 0. The number of ketones is 2. The second-order valence-corrected chi connectivity index (χ2v) is 9.83. The molecule has 2 heteroatoms. The first-order valence-electron chi connectivity index (χ1n) is 10.2. The predicted octanol–water partition coefficient (Wildman–Crippen LogP) is 4.72. The lowest BCUT2D eigenvalue weighted by atomic mass is 9.41. The molecule has 0 N–H and O–H groups in total. The van der Waals surface area contributed by atoms with Crippen molar-refractivity contribution in [1.29, 1.82) is 0 Å². The Bertz CT molecular complexity index is 646. The molecule has 5 rings (SSSR count). The van der Waals surface area contributed by atoms with Crippen LogP contribution in [-0.2, 0) is 9.59 Å². The van der Waals surface area contributed by atoms with Crippen LogP contribution in [0, 0.1) is 40.4 Å². The normalized spacial score (nSPS) is 53.1. The highest BCUT2D eigenvalue weighted by Crippen LogP contribution is 2.68. The highest BCUT2D eigenvalue weighted by molar-refractivity contribution is 5.94. The molecular weight excluding hydrogens is 296 g/mol. The van der Waals surface area contributed by atoms with Gasteiger partial charge in [-0.1, -0.05) is 19.4 Å². The second kappa shape index (κ2) is 4.83. The first kappa shape index (κ1) is 15.3. The van der Waals surface area contributed by atoms with Gasteiger partial charge in [-0.2, -0.15) is 0 Å². The molecule has 0 aliphatic heterocycles. The number of hydrogen-bond acceptors (Lipinski definition) is 2. The second-order valence-electron chi connectivity index (χ2n) is 9.83. The van der Waals surface area contributed by atoms with Crippen molar-refractivity contribution in [1.82, 2.24) is 0 Å². The van der Waals surface area contributed by atoms with Crippen molar-refractivity contribution in [2.75, 3.05) is 0 Å². The maximum atomic E-state index is 12.6. The third-order valence-electron chi connectivity index (χ3n) is 9.28. The molecule has 0 saturated heterocycles. The molecule has 5 aliphatic carbocycles. The Morgan fingerprint density at radius 2 is 1.83 bits per heavy atom. The van der Waals surface area contributed by atoms with Crippen LogP contribution in [0.4, 0.5) is 0 Å². The van der Waals surface area contributed by atoms with Crippen LogP contribution in [0.15, 0.2) is 11.6 Å². The molecule has 4 saturated carbocycles. The molecule has 7 atom stereocenters. The molecule has 0 aromatic heterocycles.